The van der Waals surface area contributed by atoms with E-state index in [1.165, 1.54) is 4.68 Å². The number of hydrogen-bond donors (Lipinski definition) is 2. The molecular weight excluding hydrogens is 320 g/mol. The Hall–Kier alpha value is -2.70. The Morgan fingerprint density at radius 2 is 2.00 bits per heavy atom. The van der Waals surface area contributed by atoms with Crippen molar-refractivity contribution in [3.8, 4) is 5.69 Å². The maximum Gasteiger partial charge on any atom is 0.308 e. The number of rotatable bonds is 4. The number of carbonyl (C=O) groups excluding carboxylic acids is 1. The van der Waals surface area contributed by atoms with E-state index < -0.39 is 23.3 Å². The van der Waals surface area contributed by atoms with Crippen LogP contribution >= 0.6 is 0 Å². The molecule has 1 aliphatic carbocycles. The van der Waals surface area contributed by atoms with Gasteiger partial charge in [-0.2, -0.15) is 0 Å². The Morgan fingerprint density at radius 1 is 1.28 bits per heavy atom. The molecule has 0 saturated heterocycles. The van der Waals surface area contributed by atoms with E-state index in [4.69, 9.17) is 0 Å². The molecule has 7 nitrogen and oxygen atoms in total. The van der Waals surface area contributed by atoms with E-state index in [9.17, 15) is 14.7 Å². The SMILES string of the molecule is Cc1ccc(-n2cc(C(=O)NC3(C)CCCCC3C(=O)O)nn2)cc1. The minimum atomic E-state index is -0.870. The fourth-order valence-corrected chi connectivity index (χ4v) is 3.39. The molecule has 0 aliphatic heterocycles. The quantitative estimate of drug-likeness (QED) is 0.889. The number of benzene rings is 1. The summed E-state index contributed by atoms with van der Waals surface area (Å²) in [5, 5.41) is 20.3. The van der Waals surface area contributed by atoms with Crippen molar-refractivity contribution in [1.29, 1.82) is 0 Å². The molecule has 2 N–H and O–H groups in total. The van der Waals surface area contributed by atoms with Crippen LogP contribution < -0.4 is 5.32 Å². The number of aryl methyl sites for hydroxylation is 1. The zero-order valence-corrected chi connectivity index (χ0v) is 14.4. The third-order valence-electron chi connectivity index (χ3n) is 4.93. The minimum absolute atomic E-state index is 0.177. The number of carboxylic acids is 1. The van der Waals surface area contributed by atoms with E-state index in [0.717, 1.165) is 24.1 Å². The maximum absolute atomic E-state index is 12.6. The minimum Gasteiger partial charge on any atom is -0.481 e. The van der Waals surface area contributed by atoms with Gasteiger partial charge >= 0.3 is 5.97 Å². The smallest absolute Gasteiger partial charge is 0.308 e. The third kappa shape index (κ3) is 3.55. The van der Waals surface area contributed by atoms with Crippen molar-refractivity contribution in [2.24, 2.45) is 5.92 Å². The zero-order valence-electron chi connectivity index (χ0n) is 14.4. The van der Waals surface area contributed by atoms with Crippen molar-refractivity contribution in [3.05, 3.63) is 41.7 Å². The summed E-state index contributed by atoms with van der Waals surface area (Å²) in [5.41, 5.74) is 1.35. The van der Waals surface area contributed by atoms with E-state index >= 15 is 0 Å². The van der Waals surface area contributed by atoms with Crippen LogP contribution in [0, 0.1) is 12.8 Å². The molecule has 1 amide bonds. The number of aliphatic carboxylic acids is 1. The van der Waals surface area contributed by atoms with Crippen molar-refractivity contribution in [1.82, 2.24) is 20.3 Å². The van der Waals surface area contributed by atoms with E-state index in [1.807, 2.05) is 31.2 Å². The highest BCUT2D eigenvalue weighted by Crippen LogP contribution is 2.34. The van der Waals surface area contributed by atoms with Crippen molar-refractivity contribution in [2.75, 3.05) is 0 Å². The first-order valence-electron chi connectivity index (χ1n) is 8.44. The summed E-state index contributed by atoms with van der Waals surface area (Å²) in [6.07, 6.45) is 4.54. The molecule has 3 rings (SSSR count). The summed E-state index contributed by atoms with van der Waals surface area (Å²) in [4.78, 5) is 24.1. The molecule has 2 unspecified atom stereocenters. The maximum atomic E-state index is 12.6. The van der Waals surface area contributed by atoms with Crippen LogP contribution in [0.15, 0.2) is 30.5 Å². The number of hydrogen-bond acceptors (Lipinski definition) is 4. The number of amides is 1. The summed E-state index contributed by atoms with van der Waals surface area (Å²) in [5.74, 6) is -1.85. The summed E-state index contributed by atoms with van der Waals surface area (Å²) >= 11 is 0. The van der Waals surface area contributed by atoms with Gasteiger partial charge in [0.05, 0.1) is 23.3 Å². The second-order valence-electron chi connectivity index (χ2n) is 6.89. The van der Waals surface area contributed by atoms with Crippen molar-refractivity contribution in [3.63, 3.8) is 0 Å². The highest BCUT2D eigenvalue weighted by molar-refractivity contribution is 5.93. The van der Waals surface area contributed by atoms with Crippen molar-refractivity contribution < 1.29 is 14.7 Å². The van der Waals surface area contributed by atoms with Gasteiger partial charge in [-0.05, 0) is 38.8 Å². The average molecular weight is 342 g/mol. The molecule has 0 radical (unpaired) electrons. The van der Waals surface area contributed by atoms with Gasteiger partial charge in [0, 0.05) is 0 Å². The third-order valence-corrected chi connectivity index (χ3v) is 4.93. The number of carboxylic acid groups (broad SMARTS) is 1. The first kappa shape index (κ1) is 17.1. The van der Waals surface area contributed by atoms with Crippen LogP contribution in [0.5, 0.6) is 0 Å². The Bertz CT molecular complexity index is 784. The molecule has 7 heteroatoms. The molecule has 1 fully saturated rings. The van der Waals surface area contributed by atoms with Gasteiger partial charge in [0.15, 0.2) is 5.69 Å². The molecule has 2 atom stereocenters. The van der Waals surface area contributed by atoms with E-state index in [2.05, 4.69) is 15.6 Å². The van der Waals surface area contributed by atoms with Crippen LogP contribution in [-0.4, -0.2) is 37.5 Å². The van der Waals surface area contributed by atoms with Crippen LogP contribution in [0.3, 0.4) is 0 Å². The summed E-state index contributed by atoms with van der Waals surface area (Å²) in [6, 6.07) is 7.71. The van der Waals surface area contributed by atoms with Crippen LogP contribution in [-0.2, 0) is 4.79 Å². The standard InChI is InChI=1S/C18H22N4O3/c1-12-6-8-13(9-7-12)22-11-15(20-21-22)16(23)19-18(2)10-4-3-5-14(18)17(24)25/h6-9,11,14H,3-5,10H2,1-2H3,(H,19,23)(H,24,25). The highest BCUT2D eigenvalue weighted by Gasteiger charge is 2.42. The summed E-state index contributed by atoms with van der Waals surface area (Å²) < 4.78 is 1.53. The molecule has 1 aromatic heterocycles. The molecule has 0 bridgehead atoms. The number of nitrogens with zero attached hydrogens (tertiary/aromatic N) is 3. The lowest BCUT2D eigenvalue weighted by atomic mass is 9.74. The molecule has 1 aliphatic rings. The van der Waals surface area contributed by atoms with Crippen LogP contribution in [0.4, 0.5) is 0 Å². The first-order chi connectivity index (χ1) is 11.9. The Kier molecular flexibility index (Phi) is 4.57. The largest absolute Gasteiger partial charge is 0.481 e. The fraction of sp³-hybridized carbons (Fsp3) is 0.444. The highest BCUT2D eigenvalue weighted by atomic mass is 16.4. The molecule has 1 heterocycles. The number of carbonyl (C=O) groups is 2. The fourth-order valence-electron chi connectivity index (χ4n) is 3.39. The molecule has 1 saturated carbocycles. The van der Waals surface area contributed by atoms with Crippen molar-refractivity contribution >= 4 is 11.9 Å². The Balaban J connectivity index is 1.77. The molecule has 25 heavy (non-hydrogen) atoms. The Morgan fingerprint density at radius 3 is 2.68 bits per heavy atom. The lowest BCUT2D eigenvalue weighted by molar-refractivity contribution is -0.145. The van der Waals surface area contributed by atoms with Gasteiger partial charge in [0.1, 0.15) is 0 Å². The Labute approximate surface area is 146 Å². The topological polar surface area (TPSA) is 97.1 Å². The van der Waals surface area contributed by atoms with Crippen LogP contribution in [0.2, 0.25) is 0 Å². The van der Waals surface area contributed by atoms with Gasteiger partial charge < -0.3 is 10.4 Å². The van der Waals surface area contributed by atoms with Gasteiger partial charge in [0.2, 0.25) is 0 Å². The molecule has 1 aromatic carbocycles. The van der Waals surface area contributed by atoms with E-state index in [1.54, 1.807) is 13.1 Å². The predicted molar refractivity (Wildman–Crippen MR) is 91.6 cm³/mol. The zero-order chi connectivity index (χ0) is 18.0. The lowest BCUT2D eigenvalue weighted by Gasteiger charge is -2.39. The predicted octanol–water partition coefficient (Wildman–Crippen LogP) is 2.34. The normalized spacial score (nSPS) is 23.2. The summed E-state index contributed by atoms with van der Waals surface area (Å²) in [7, 11) is 0. The lowest BCUT2D eigenvalue weighted by Crippen LogP contribution is -2.55. The van der Waals surface area contributed by atoms with Gasteiger partial charge in [0.25, 0.3) is 5.91 Å². The molecule has 2 aromatic rings. The van der Waals surface area contributed by atoms with Gasteiger partial charge in [-0.15, -0.1) is 5.10 Å². The number of nitrogens with one attached hydrogen (secondary N) is 1. The van der Waals surface area contributed by atoms with Gasteiger partial charge in [-0.1, -0.05) is 35.8 Å². The average Bonchev–Trinajstić information content (AvgIpc) is 3.05. The molecular formula is C18H22N4O3. The van der Waals surface area contributed by atoms with Crippen LogP contribution in [0.25, 0.3) is 5.69 Å². The number of aromatic nitrogens is 3. The molecule has 0 spiro atoms. The van der Waals surface area contributed by atoms with E-state index in [-0.39, 0.29) is 5.69 Å². The first-order valence-corrected chi connectivity index (χ1v) is 8.44. The van der Waals surface area contributed by atoms with Crippen molar-refractivity contribution in [2.45, 2.75) is 45.1 Å². The van der Waals surface area contributed by atoms with Gasteiger partial charge in [-0.25, -0.2) is 4.68 Å². The second kappa shape index (κ2) is 6.66. The summed E-state index contributed by atoms with van der Waals surface area (Å²) in [6.45, 7) is 3.79. The van der Waals surface area contributed by atoms with E-state index in [0.29, 0.717) is 12.8 Å². The van der Waals surface area contributed by atoms with Gasteiger partial charge in [-0.3, -0.25) is 9.59 Å². The monoisotopic (exact) mass is 342 g/mol. The van der Waals surface area contributed by atoms with Crippen LogP contribution in [0.1, 0.15) is 48.7 Å². The molecule has 132 valence electrons. The second-order valence-corrected chi connectivity index (χ2v) is 6.89.